The van der Waals surface area contributed by atoms with E-state index >= 15 is 0 Å². The molecule has 0 amide bonds. The van der Waals surface area contributed by atoms with Crippen molar-refractivity contribution in [1.29, 1.82) is 0 Å². The SMILES string of the molecule is CC(C)c1cc2[n-]c3c(-c4nc5c(-c6[c-]c7c(cc6)c6cc(-c8ccccc8)ccc6n7-c6ccccn6)cccc5n4-c4ccccc4)cccc3c2cc1C(C)C.[Pt+2]. The fourth-order valence-electron chi connectivity index (χ4n) is 9.08. The van der Waals surface area contributed by atoms with E-state index in [9.17, 15) is 0 Å². The second kappa shape index (κ2) is 14.9. The smallest absolute Gasteiger partial charge is 0.656 e. The van der Waals surface area contributed by atoms with E-state index < -0.39 is 0 Å². The second-order valence-electron chi connectivity index (χ2n) is 16.2. The Bertz CT molecular complexity index is 3370. The van der Waals surface area contributed by atoms with Crippen molar-refractivity contribution in [3.63, 3.8) is 0 Å². The number of hydrogen-bond acceptors (Lipinski definition) is 2. The van der Waals surface area contributed by atoms with Crippen LogP contribution in [0.5, 0.6) is 0 Å². The number of imidazole rings is 1. The van der Waals surface area contributed by atoms with Gasteiger partial charge in [-0.3, -0.25) is 4.57 Å². The molecule has 4 heterocycles. The normalized spacial score (nSPS) is 11.8. The largest absolute Gasteiger partial charge is 2.00 e. The number of fused-ring (bicyclic) bond motifs is 7. The Morgan fingerprint density at radius 1 is 0.550 bits per heavy atom. The Kier molecular flexibility index (Phi) is 9.38. The van der Waals surface area contributed by atoms with Crippen molar-refractivity contribution in [2.45, 2.75) is 39.5 Å². The summed E-state index contributed by atoms with van der Waals surface area (Å²) in [5.41, 5.74) is 15.1. The van der Waals surface area contributed by atoms with E-state index in [1.54, 1.807) is 0 Å². The van der Waals surface area contributed by atoms with Crippen molar-refractivity contribution < 1.29 is 21.1 Å². The van der Waals surface area contributed by atoms with Crippen LogP contribution in [-0.2, 0) is 21.1 Å². The molecule has 60 heavy (non-hydrogen) atoms. The first-order valence-electron chi connectivity index (χ1n) is 20.5. The second-order valence-corrected chi connectivity index (χ2v) is 16.2. The molecule has 6 heteroatoms. The van der Waals surface area contributed by atoms with E-state index in [4.69, 9.17) is 15.0 Å². The zero-order valence-corrected chi connectivity index (χ0v) is 36.1. The number of benzene rings is 7. The summed E-state index contributed by atoms with van der Waals surface area (Å²) < 4.78 is 4.53. The third kappa shape index (κ3) is 6.02. The number of para-hydroxylation sites is 3. The Labute approximate surface area is 363 Å². The third-order valence-corrected chi connectivity index (χ3v) is 11.9. The number of nitrogens with zero attached hydrogens (tertiary/aromatic N) is 5. The number of hydrogen-bond donors (Lipinski definition) is 0. The number of aromatic nitrogens is 5. The van der Waals surface area contributed by atoms with Gasteiger partial charge in [-0.05, 0) is 92.2 Å². The van der Waals surface area contributed by atoms with Crippen LogP contribution in [0.1, 0.15) is 50.7 Å². The predicted molar refractivity (Wildman–Crippen MR) is 245 cm³/mol. The fraction of sp³-hybridized carbons (Fsp3) is 0.111. The van der Waals surface area contributed by atoms with Gasteiger partial charge in [0, 0.05) is 23.0 Å². The van der Waals surface area contributed by atoms with Crippen molar-refractivity contribution in [1.82, 2.24) is 24.1 Å². The van der Waals surface area contributed by atoms with Gasteiger partial charge in [0.1, 0.15) is 11.6 Å². The van der Waals surface area contributed by atoms with Crippen molar-refractivity contribution in [3.05, 3.63) is 181 Å². The molecule has 5 nitrogen and oxygen atoms in total. The minimum Gasteiger partial charge on any atom is -0.656 e. The van der Waals surface area contributed by atoms with Gasteiger partial charge in [-0.2, -0.15) is 0 Å². The van der Waals surface area contributed by atoms with E-state index in [1.807, 2.05) is 18.3 Å². The van der Waals surface area contributed by atoms with Gasteiger partial charge in [0.2, 0.25) is 0 Å². The molecule has 0 aliphatic carbocycles. The van der Waals surface area contributed by atoms with Crippen LogP contribution in [-0.4, -0.2) is 19.1 Å². The molecule has 0 radical (unpaired) electrons. The van der Waals surface area contributed by atoms with Crippen LogP contribution in [0.25, 0.3) is 99.8 Å². The molecule has 7 aromatic carbocycles. The summed E-state index contributed by atoms with van der Waals surface area (Å²) in [6.45, 7) is 9.12. The molecule has 292 valence electrons. The molecule has 0 aliphatic rings. The molecule has 0 saturated heterocycles. The van der Waals surface area contributed by atoms with Crippen LogP contribution in [0.4, 0.5) is 0 Å². The van der Waals surface area contributed by atoms with E-state index in [0.717, 1.165) is 83.3 Å². The molecule has 0 atom stereocenters. The van der Waals surface area contributed by atoms with Crippen LogP contribution in [0.3, 0.4) is 0 Å². The molecule has 0 unspecified atom stereocenters. The molecule has 0 N–H and O–H groups in total. The summed E-state index contributed by atoms with van der Waals surface area (Å²) in [7, 11) is 0. The van der Waals surface area contributed by atoms with E-state index in [-0.39, 0.29) is 21.1 Å². The summed E-state index contributed by atoms with van der Waals surface area (Å²) in [5.74, 6) is 2.53. The number of pyridine rings is 1. The van der Waals surface area contributed by atoms with Gasteiger partial charge < -0.3 is 9.55 Å². The van der Waals surface area contributed by atoms with E-state index in [2.05, 4.69) is 188 Å². The standard InChI is InChI=1S/C54H41N5.Pt/c1-33(2)43-31-45-41-20-13-21-42(52(41)56-47(45)32-44(43)34(3)4)54-57-53-39(19-14-22-49(53)58(54)38-17-9-6-10-18-38)37-24-26-40-46-29-36(35-15-7-5-8-16-35)25-27-48(46)59(50(40)30-37)51-23-11-12-28-55-51;/h5-29,31-34H,1-4H3;/q-2;+2. The van der Waals surface area contributed by atoms with Crippen LogP contribution < -0.4 is 4.98 Å². The van der Waals surface area contributed by atoms with Crippen LogP contribution in [0.2, 0.25) is 0 Å². The average molecular weight is 955 g/mol. The molecule has 0 fully saturated rings. The molecule has 4 aromatic heterocycles. The van der Waals surface area contributed by atoms with Crippen molar-refractivity contribution in [2.24, 2.45) is 0 Å². The maximum atomic E-state index is 5.58. The molecule has 0 saturated carbocycles. The van der Waals surface area contributed by atoms with E-state index in [0.29, 0.717) is 11.8 Å². The van der Waals surface area contributed by atoms with Crippen molar-refractivity contribution in [3.8, 4) is 45.1 Å². The Hall–Kier alpha value is -6.55. The predicted octanol–water partition coefficient (Wildman–Crippen LogP) is 13.8. The quantitative estimate of drug-likeness (QED) is 0.150. The molecule has 11 rings (SSSR count). The Morgan fingerprint density at radius 2 is 1.28 bits per heavy atom. The van der Waals surface area contributed by atoms with Gasteiger partial charge in [0.25, 0.3) is 0 Å². The van der Waals surface area contributed by atoms with Gasteiger partial charge in [0.05, 0.1) is 11.0 Å². The van der Waals surface area contributed by atoms with Gasteiger partial charge in [-0.1, -0.05) is 148 Å². The summed E-state index contributed by atoms with van der Waals surface area (Å²) in [6, 6.07) is 59.9. The topological polar surface area (TPSA) is 49.7 Å². The van der Waals surface area contributed by atoms with E-state index in [1.165, 1.54) is 27.6 Å². The van der Waals surface area contributed by atoms with Crippen molar-refractivity contribution in [2.75, 3.05) is 0 Å². The zero-order chi connectivity index (χ0) is 39.8. The molecule has 11 aromatic rings. The zero-order valence-electron chi connectivity index (χ0n) is 33.8. The summed E-state index contributed by atoms with van der Waals surface area (Å²) in [5, 5.41) is 4.63. The van der Waals surface area contributed by atoms with Crippen LogP contribution in [0.15, 0.2) is 164 Å². The summed E-state index contributed by atoms with van der Waals surface area (Å²) >= 11 is 0. The fourth-order valence-corrected chi connectivity index (χ4v) is 9.08. The van der Waals surface area contributed by atoms with Gasteiger partial charge in [-0.25, -0.2) is 9.97 Å². The van der Waals surface area contributed by atoms with Crippen LogP contribution in [0, 0.1) is 6.07 Å². The van der Waals surface area contributed by atoms with Crippen LogP contribution >= 0.6 is 0 Å². The third-order valence-electron chi connectivity index (χ3n) is 11.9. The summed E-state index contributed by atoms with van der Waals surface area (Å²) in [4.78, 5) is 15.8. The van der Waals surface area contributed by atoms with Gasteiger partial charge in [0.15, 0.2) is 0 Å². The first-order chi connectivity index (χ1) is 28.9. The summed E-state index contributed by atoms with van der Waals surface area (Å²) in [6.07, 6.45) is 1.85. The molecule has 0 spiro atoms. The first kappa shape index (κ1) is 37.7. The van der Waals surface area contributed by atoms with Crippen molar-refractivity contribution >= 4 is 54.6 Å². The molecule has 0 bridgehead atoms. The Morgan fingerprint density at radius 3 is 2.05 bits per heavy atom. The number of rotatable bonds is 7. The van der Waals surface area contributed by atoms with Gasteiger partial charge in [-0.15, -0.1) is 34.8 Å². The Balaban J connectivity index is 0.00000433. The first-order valence-corrected chi connectivity index (χ1v) is 20.5. The molecule has 0 aliphatic heterocycles. The maximum absolute atomic E-state index is 5.58. The monoisotopic (exact) mass is 954 g/mol. The minimum atomic E-state index is 0. The minimum absolute atomic E-state index is 0. The molecular weight excluding hydrogens is 914 g/mol. The molecular formula is C54H41N5Pt. The average Bonchev–Trinajstić information content (AvgIpc) is 3.95. The van der Waals surface area contributed by atoms with Gasteiger partial charge >= 0.3 is 21.1 Å². The maximum Gasteiger partial charge on any atom is 2.00 e.